The van der Waals surface area contributed by atoms with E-state index >= 15 is 0 Å². The molecule has 1 aliphatic heterocycles. The van der Waals surface area contributed by atoms with E-state index in [1.165, 1.54) is 11.1 Å². The lowest BCUT2D eigenvalue weighted by Crippen LogP contribution is -2.37. The van der Waals surface area contributed by atoms with Gasteiger partial charge in [-0.25, -0.2) is 0 Å². The summed E-state index contributed by atoms with van der Waals surface area (Å²) < 4.78 is 0. The molecule has 1 fully saturated rings. The highest BCUT2D eigenvalue weighted by molar-refractivity contribution is 6.31. The number of rotatable bonds is 4. The Morgan fingerprint density at radius 1 is 1.12 bits per heavy atom. The molecule has 0 bridgehead atoms. The van der Waals surface area contributed by atoms with Crippen LogP contribution in [0.4, 0.5) is 5.69 Å². The van der Waals surface area contributed by atoms with Crippen molar-refractivity contribution >= 4 is 23.2 Å². The molecule has 25 heavy (non-hydrogen) atoms. The Hall–Kier alpha value is -1.84. The fraction of sp³-hybridized carbons (Fsp3) is 0.381. The van der Waals surface area contributed by atoms with Gasteiger partial charge in [-0.1, -0.05) is 41.9 Å². The van der Waals surface area contributed by atoms with E-state index in [0.29, 0.717) is 5.02 Å². The van der Waals surface area contributed by atoms with Gasteiger partial charge in [-0.15, -0.1) is 0 Å². The van der Waals surface area contributed by atoms with Crippen LogP contribution in [-0.2, 0) is 11.3 Å². The molecule has 3 nitrogen and oxygen atoms in total. The third-order valence-electron chi connectivity index (χ3n) is 5.05. The first-order valence-electron chi connectivity index (χ1n) is 8.87. The molecule has 1 amide bonds. The van der Waals surface area contributed by atoms with Crippen LogP contribution in [-0.4, -0.2) is 23.9 Å². The molecule has 1 aliphatic rings. The molecule has 132 valence electrons. The zero-order valence-corrected chi connectivity index (χ0v) is 15.6. The van der Waals surface area contributed by atoms with Gasteiger partial charge in [0.05, 0.1) is 0 Å². The quantitative estimate of drug-likeness (QED) is 0.852. The van der Waals surface area contributed by atoms with E-state index in [1.54, 1.807) is 0 Å². The van der Waals surface area contributed by atoms with Crippen molar-refractivity contribution in [3.8, 4) is 0 Å². The fourth-order valence-electron chi connectivity index (χ4n) is 3.30. The van der Waals surface area contributed by atoms with Crippen molar-refractivity contribution in [1.29, 1.82) is 0 Å². The molecule has 0 radical (unpaired) electrons. The van der Waals surface area contributed by atoms with Crippen molar-refractivity contribution in [3.05, 3.63) is 64.2 Å². The average Bonchev–Trinajstić information content (AvgIpc) is 2.61. The number of carbonyl (C=O) groups is 1. The van der Waals surface area contributed by atoms with Crippen molar-refractivity contribution in [2.45, 2.75) is 33.2 Å². The van der Waals surface area contributed by atoms with Crippen molar-refractivity contribution in [1.82, 2.24) is 4.90 Å². The van der Waals surface area contributed by atoms with Gasteiger partial charge < -0.3 is 5.32 Å². The predicted octanol–water partition coefficient (Wildman–Crippen LogP) is 4.81. The first kappa shape index (κ1) is 18.0. The fourth-order valence-corrected chi connectivity index (χ4v) is 3.48. The number of piperidine rings is 1. The monoisotopic (exact) mass is 356 g/mol. The van der Waals surface area contributed by atoms with Crippen molar-refractivity contribution in [2.75, 3.05) is 18.4 Å². The SMILES string of the molecule is Cc1ccc(NC(=O)C2CCN(Cc3ccccc3C)CC2)cc1Cl. The maximum Gasteiger partial charge on any atom is 0.227 e. The van der Waals surface area contributed by atoms with E-state index < -0.39 is 0 Å². The van der Waals surface area contributed by atoms with Crippen LogP contribution in [0.5, 0.6) is 0 Å². The predicted molar refractivity (Wildman–Crippen MR) is 104 cm³/mol. The van der Waals surface area contributed by atoms with E-state index in [2.05, 4.69) is 41.4 Å². The minimum Gasteiger partial charge on any atom is -0.326 e. The molecule has 0 unspecified atom stereocenters. The molecule has 2 aromatic rings. The summed E-state index contributed by atoms with van der Waals surface area (Å²) in [5.41, 5.74) is 4.51. The topological polar surface area (TPSA) is 32.3 Å². The number of nitrogens with zero attached hydrogens (tertiary/aromatic N) is 1. The Morgan fingerprint density at radius 2 is 1.84 bits per heavy atom. The van der Waals surface area contributed by atoms with Gasteiger partial charge in [0.15, 0.2) is 0 Å². The molecule has 3 rings (SSSR count). The molecule has 2 aromatic carbocycles. The lowest BCUT2D eigenvalue weighted by Gasteiger charge is -2.31. The summed E-state index contributed by atoms with van der Waals surface area (Å²) in [5.74, 6) is 0.184. The number of hydrogen-bond donors (Lipinski definition) is 1. The van der Waals surface area contributed by atoms with Crippen molar-refractivity contribution in [3.63, 3.8) is 0 Å². The lowest BCUT2D eigenvalue weighted by molar-refractivity contribution is -0.121. The van der Waals surface area contributed by atoms with E-state index in [0.717, 1.165) is 43.7 Å². The molecule has 1 saturated heterocycles. The van der Waals surface area contributed by atoms with Crippen LogP contribution >= 0.6 is 11.6 Å². The summed E-state index contributed by atoms with van der Waals surface area (Å²) in [6.07, 6.45) is 1.80. The second-order valence-electron chi connectivity index (χ2n) is 6.93. The van der Waals surface area contributed by atoms with E-state index in [9.17, 15) is 4.79 Å². The standard InChI is InChI=1S/C21H25ClN2O/c1-15-5-3-4-6-18(15)14-24-11-9-17(10-12-24)21(25)23-19-8-7-16(2)20(22)13-19/h3-8,13,17H,9-12,14H2,1-2H3,(H,23,25). The number of amides is 1. The lowest BCUT2D eigenvalue weighted by atomic mass is 9.95. The molecular formula is C21H25ClN2O. The normalized spacial score (nSPS) is 16.0. The van der Waals surface area contributed by atoms with Crippen molar-refractivity contribution < 1.29 is 4.79 Å². The van der Waals surface area contributed by atoms with Gasteiger partial charge in [-0.2, -0.15) is 0 Å². The number of halogens is 1. The molecule has 4 heteroatoms. The summed E-state index contributed by atoms with van der Waals surface area (Å²) in [7, 11) is 0. The number of likely N-dealkylation sites (tertiary alicyclic amines) is 1. The van der Waals surface area contributed by atoms with Gasteiger partial charge >= 0.3 is 0 Å². The number of benzene rings is 2. The molecule has 1 heterocycles. The minimum absolute atomic E-state index is 0.0770. The Labute approximate surface area is 155 Å². The van der Waals surface area contributed by atoms with Gasteiger partial charge in [-0.05, 0) is 68.6 Å². The zero-order valence-electron chi connectivity index (χ0n) is 14.9. The third-order valence-corrected chi connectivity index (χ3v) is 5.46. The van der Waals surface area contributed by atoms with Crippen LogP contribution in [0.3, 0.4) is 0 Å². The summed E-state index contributed by atoms with van der Waals surface area (Å²) in [6.45, 7) is 7.00. The van der Waals surface area contributed by atoms with Gasteiger partial charge in [0.1, 0.15) is 0 Å². The summed E-state index contributed by atoms with van der Waals surface area (Å²) in [5, 5.41) is 3.70. The van der Waals surface area contributed by atoms with Crippen LogP contribution in [0.2, 0.25) is 5.02 Å². The number of nitrogens with one attached hydrogen (secondary N) is 1. The molecule has 0 saturated carbocycles. The highest BCUT2D eigenvalue weighted by atomic mass is 35.5. The highest BCUT2D eigenvalue weighted by Crippen LogP contribution is 2.24. The molecule has 0 aliphatic carbocycles. The maximum atomic E-state index is 12.5. The van der Waals surface area contributed by atoms with Gasteiger partial charge in [0, 0.05) is 23.2 Å². The Kier molecular flexibility index (Phi) is 5.77. The first-order valence-corrected chi connectivity index (χ1v) is 9.24. The number of hydrogen-bond acceptors (Lipinski definition) is 2. The zero-order chi connectivity index (χ0) is 17.8. The third kappa shape index (κ3) is 4.62. The summed E-state index contributed by atoms with van der Waals surface area (Å²) in [6, 6.07) is 14.2. The first-order chi connectivity index (χ1) is 12.0. The molecule has 1 N–H and O–H groups in total. The van der Waals surface area contributed by atoms with Crippen LogP contribution in [0.15, 0.2) is 42.5 Å². The van der Waals surface area contributed by atoms with Gasteiger partial charge in [0.2, 0.25) is 5.91 Å². The number of aryl methyl sites for hydroxylation is 2. The smallest absolute Gasteiger partial charge is 0.227 e. The Balaban J connectivity index is 1.52. The molecular weight excluding hydrogens is 332 g/mol. The van der Waals surface area contributed by atoms with Crippen molar-refractivity contribution in [2.24, 2.45) is 5.92 Å². The maximum absolute atomic E-state index is 12.5. The molecule has 0 spiro atoms. The van der Waals surface area contributed by atoms with Crippen LogP contribution < -0.4 is 5.32 Å². The largest absolute Gasteiger partial charge is 0.326 e. The highest BCUT2D eigenvalue weighted by Gasteiger charge is 2.25. The van der Waals surface area contributed by atoms with E-state index in [-0.39, 0.29) is 11.8 Å². The molecule has 0 aromatic heterocycles. The van der Waals surface area contributed by atoms with Crippen LogP contribution in [0, 0.1) is 19.8 Å². The van der Waals surface area contributed by atoms with Crippen LogP contribution in [0.1, 0.15) is 29.5 Å². The average molecular weight is 357 g/mol. The second kappa shape index (κ2) is 8.03. The number of anilines is 1. The summed E-state index contributed by atoms with van der Waals surface area (Å²) >= 11 is 6.13. The number of carbonyl (C=O) groups excluding carboxylic acids is 1. The minimum atomic E-state index is 0.0770. The summed E-state index contributed by atoms with van der Waals surface area (Å²) in [4.78, 5) is 14.9. The van der Waals surface area contributed by atoms with E-state index in [1.807, 2.05) is 25.1 Å². The van der Waals surface area contributed by atoms with Gasteiger partial charge in [-0.3, -0.25) is 9.69 Å². The van der Waals surface area contributed by atoms with Gasteiger partial charge in [0.25, 0.3) is 0 Å². The molecule has 0 atom stereocenters. The van der Waals surface area contributed by atoms with E-state index in [4.69, 9.17) is 11.6 Å². The second-order valence-corrected chi connectivity index (χ2v) is 7.34. The Morgan fingerprint density at radius 3 is 2.52 bits per heavy atom. The Bertz CT molecular complexity index is 751. The van der Waals surface area contributed by atoms with Crippen LogP contribution in [0.25, 0.3) is 0 Å².